The van der Waals surface area contributed by atoms with E-state index in [1.165, 1.54) is 6.07 Å². The van der Waals surface area contributed by atoms with Gasteiger partial charge in [-0.25, -0.2) is 0 Å². The van der Waals surface area contributed by atoms with Crippen molar-refractivity contribution in [2.45, 2.75) is 25.7 Å². The lowest BCUT2D eigenvalue weighted by atomic mass is 9.96. The molecule has 138 valence electrons. The van der Waals surface area contributed by atoms with Crippen LogP contribution < -0.4 is 5.43 Å². The normalized spacial score (nSPS) is 10.8. The zero-order chi connectivity index (χ0) is 19.4. The molecular formula is C21H18O6. The van der Waals surface area contributed by atoms with Gasteiger partial charge >= 0.3 is 11.9 Å². The SMILES string of the molecule is O=C(O)CCc1ccc2c(=O)cc(-c3ccccc3)oc2c1CCC(=O)O. The number of aliphatic carboxylic acids is 2. The second kappa shape index (κ2) is 7.86. The first-order valence-corrected chi connectivity index (χ1v) is 8.53. The van der Waals surface area contributed by atoms with Crippen LogP contribution >= 0.6 is 0 Å². The molecular weight excluding hydrogens is 348 g/mol. The molecule has 0 unspecified atom stereocenters. The minimum Gasteiger partial charge on any atom is -0.481 e. The Kier molecular flexibility index (Phi) is 5.35. The monoisotopic (exact) mass is 366 g/mol. The van der Waals surface area contributed by atoms with Crippen molar-refractivity contribution < 1.29 is 24.2 Å². The van der Waals surface area contributed by atoms with Crippen LogP contribution in [0.2, 0.25) is 0 Å². The number of hydrogen-bond donors (Lipinski definition) is 2. The van der Waals surface area contributed by atoms with Gasteiger partial charge in [-0.3, -0.25) is 14.4 Å². The summed E-state index contributed by atoms with van der Waals surface area (Å²) in [6.45, 7) is 0. The second-order valence-corrected chi connectivity index (χ2v) is 6.21. The fourth-order valence-corrected chi connectivity index (χ4v) is 3.04. The topological polar surface area (TPSA) is 105 Å². The number of benzene rings is 2. The number of carboxylic acids is 2. The third kappa shape index (κ3) is 4.23. The molecule has 0 amide bonds. The van der Waals surface area contributed by atoms with Gasteiger partial charge in [-0.2, -0.15) is 0 Å². The molecule has 3 rings (SSSR count). The summed E-state index contributed by atoms with van der Waals surface area (Å²) in [6, 6.07) is 13.8. The average Bonchev–Trinajstić information content (AvgIpc) is 2.65. The molecule has 0 aliphatic rings. The van der Waals surface area contributed by atoms with E-state index in [4.69, 9.17) is 14.6 Å². The molecule has 0 saturated heterocycles. The summed E-state index contributed by atoms with van der Waals surface area (Å²) in [7, 11) is 0. The molecule has 6 heteroatoms. The first-order valence-electron chi connectivity index (χ1n) is 8.53. The Morgan fingerprint density at radius 1 is 0.889 bits per heavy atom. The van der Waals surface area contributed by atoms with E-state index in [0.717, 1.165) is 5.56 Å². The van der Waals surface area contributed by atoms with Gasteiger partial charge in [-0.05, 0) is 30.0 Å². The third-order valence-electron chi connectivity index (χ3n) is 4.35. The highest BCUT2D eigenvalue weighted by Gasteiger charge is 2.16. The van der Waals surface area contributed by atoms with Crippen LogP contribution in [-0.4, -0.2) is 22.2 Å². The molecule has 2 N–H and O–H groups in total. The number of hydrogen-bond acceptors (Lipinski definition) is 4. The number of fused-ring (bicyclic) bond motifs is 1. The van der Waals surface area contributed by atoms with Crippen LogP contribution in [0.25, 0.3) is 22.3 Å². The van der Waals surface area contributed by atoms with Crippen LogP contribution in [-0.2, 0) is 22.4 Å². The quantitative estimate of drug-likeness (QED) is 0.663. The molecule has 0 spiro atoms. The maximum Gasteiger partial charge on any atom is 0.303 e. The minimum atomic E-state index is -0.974. The first-order chi connectivity index (χ1) is 13.0. The summed E-state index contributed by atoms with van der Waals surface area (Å²) in [5, 5.41) is 18.4. The predicted molar refractivity (Wildman–Crippen MR) is 99.8 cm³/mol. The smallest absolute Gasteiger partial charge is 0.303 e. The Bertz CT molecular complexity index is 1050. The summed E-state index contributed by atoms with van der Waals surface area (Å²) >= 11 is 0. The maximum atomic E-state index is 12.6. The van der Waals surface area contributed by atoms with Gasteiger partial charge in [0.1, 0.15) is 11.3 Å². The Morgan fingerprint density at radius 2 is 1.56 bits per heavy atom. The van der Waals surface area contributed by atoms with Crippen molar-refractivity contribution >= 4 is 22.9 Å². The molecule has 27 heavy (non-hydrogen) atoms. The lowest BCUT2D eigenvalue weighted by molar-refractivity contribution is -0.138. The number of carbonyl (C=O) groups is 2. The van der Waals surface area contributed by atoms with Gasteiger partial charge < -0.3 is 14.6 Å². The summed E-state index contributed by atoms with van der Waals surface area (Å²) in [5.41, 5.74) is 2.09. The molecule has 0 radical (unpaired) electrons. The second-order valence-electron chi connectivity index (χ2n) is 6.21. The molecule has 1 aromatic heterocycles. The van der Waals surface area contributed by atoms with Crippen LogP contribution in [0.4, 0.5) is 0 Å². The Labute approximate surface area is 154 Å². The number of rotatable bonds is 7. The van der Waals surface area contributed by atoms with Gasteiger partial charge in [0.25, 0.3) is 0 Å². The summed E-state index contributed by atoms with van der Waals surface area (Å²) in [5.74, 6) is -1.53. The molecule has 0 aliphatic carbocycles. The number of carboxylic acid groups (broad SMARTS) is 2. The zero-order valence-corrected chi connectivity index (χ0v) is 14.5. The van der Waals surface area contributed by atoms with Gasteiger partial charge in [0.05, 0.1) is 5.39 Å². The highest BCUT2D eigenvalue weighted by atomic mass is 16.4. The van der Waals surface area contributed by atoms with Gasteiger partial charge in [0.15, 0.2) is 5.43 Å². The van der Waals surface area contributed by atoms with Crippen molar-refractivity contribution in [3.8, 4) is 11.3 Å². The van der Waals surface area contributed by atoms with Gasteiger partial charge in [0.2, 0.25) is 0 Å². The lowest BCUT2D eigenvalue weighted by Gasteiger charge is -2.12. The van der Waals surface area contributed by atoms with Crippen molar-refractivity contribution in [3.05, 3.63) is 69.9 Å². The maximum absolute atomic E-state index is 12.6. The fraction of sp³-hybridized carbons (Fsp3) is 0.190. The molecule has 0 fully saturated rings. The standard InChI is InChI=1S/C21H18O6/c22-17-12-18(14-4-2-1-3-5-14)27-21-15(9-11-20(25)26)13(6-8-16(17)21)7-10-19(23)24/h1-6,8,12H,7,9-11H2,(H,23,24)(H,25,26). The van der Waals surface area contributed by atoms with Gasteiger partial charge in [-0.1, -0.05) is 36.4 Å². The van der Waals surface area contributed by atoms with Crippen LogP contribution in [0.3, 0.4) is 0 Å². The van der Waals surface area contributed by atoms with E-state index in [9.17, 15) is 14.4 Å². The Balaban J connectivity index is 2.19. The highest BCUT2D eigenvalue weighted by molar-refractivity contribution is 5.83. The molecule has 0 atom stereocenters. The average molecular weight is 366 g/mol. The highest BCUT2D eigenvalue weighted by Crippen LogP contribution is 2.28. The zero-order valence-electron chi connectivity index (χ0n) is 14.5. The van der Waals surface area contributed by atoms with Crippen molar-refractivity contribution in [1.82, 2.24) is 0 Å². The largest absolute Gasteiger partial charge is 0.481 e. The van der Waals surface area contributed by atoms with Crippen LogP contribution in [0, 0.1) is 0 Å². The van der Waals surface area contributed by atoms with E-state index in [1.807, 2.05) is 30.3 Å². The van der Waals surface area contributed by atoms with E-state index in [0.29, 0.717) is 27.9 Å². The molecule has 0 bridgehead atoms. The van der Waals surface area contributed by atoms with Crippen molar-refractivity contribution in [2.24, 2.45) is 0 Å². The van der Waals surface area contributed by atoms with E-state index in [1.54, 1.807) is 12.1 Å². The van der Waals surface area contributed by atoms with E-state index < -0.39 is 11.9 Å². The van der Waals surface area contributed by atoms with E-state index in [2.05, 4.69) is 0 Å². The lowest BCUT2D eigenvalue weighted by Crippen LogP contribution is -2.08. The van der Waals surface area contributed by atoms with Crippen LogP contribution in [0.15, 0.2) is 57.7 Å². The summed E-state index contributed by atoms with van der Waals surface area (Å²) in [6.07, 6.45) is 0.162. The molecule has 6 nitrogen and oxygen atoms in total. The van der Waals surface area contributed by atoms with Crippen molar-refractivity contribution in [1.29, 1.82) is 0 Å². The van der Waals surface area contributed by atoms with Crippen LogP contribution in [0.1, 0.15) is 24.0 Å². The first kappa shape index (κ1) is 18.4. The van der Waals surface area contributed by atoms with Gasteiger partial charge in [0, 0.05) is 24.5 Å². The Morgan fingerprint density at radius 3 is 2.22 bits per heavy atom. The summed E-state index contributed by atoms with van der Waals surface area (Å²) < 4.78 is 6.00. The molecule has 2 aromatic carbocycles. The minimum absolute atomic E-state index is 0.0891. The third-order valence-corrected chi connectivity index (χ3v) is 4.35. The molecule has 0 saturated carbocycles. The summed E-state index contributed by atoms with van der Waals surface area (Å²) in [4.78, 5) is 34.6. The fourth-order valence-electron chi connectivity index (χ4n) is 3.04. The van der Waals surface area contributed by atoms with Gasteiger partial charge in [-0.15, -0.1) is 0 Å². The van der Waals surface area contributed by atoms with E-state index >= 15 is 0 Å². The van der Waals surface area contributed by atoms with Crippen molar-refractivity contribution in [3.63, 3.8) is 0 Å². The Hall–Kier alpha value is -3.41. The number of aryl methyl sites for hydroxylation is 2. The molecule has 3 aromatic rings. The van der Waals surface area contributed by atoms with Crippen molar-refractivity contribution in [2.75, 3.05) is 0 Å². The molecule has 1 heterocycles. The van der Waals surface area contributed by atoms with Crippen LogP contribution in [0.5, 0.6) is 0 Å². The molecule has 0 aliphatic heterocycles. The predicted octanol–water partition coefficient (Wildman–Crippen LogP) is 3.49. The van der Waals surface area contributed by atoms with E-state index in [-0.39, 0.29) is 31.1 Å².